The van der Waals surface area contributed by atoms with E-state index in [9.17, 15) is 24.5 Å². The van der Waals surface area contributed by atoms with Crippen molar-refractivity contribution in [3.05, 3.63) is 75.8 Å². The van der Waals surface area contributed by atoms with Crippen molar-refractivity contribution in [2.24, 2.45) is 5.92 Å². The summed E-state index contributed by atoms with van der Waals surface area (Å²) < 4.78 is 0. The van der Waals surface area contributed by atoms with Crippen LogP contribution in [-0.2, 0) is 9.59 Å². The van der Waals surface area contributed by atoms with Crippen LogP contribution in [0.15, 0.2) is 54.6 Å². The van der Waals surface area contributed by atoms with E-state index in [1.165, 1.54) is 30.7 Å². The summed E-state index contributed by atoms with van der Waals surface area (Å²) in [6.07, 6.45) is 7.69. The highest BCUT2D eigenvalue weighted by molar-refractivity contribution is 5.98. The quantitative estimate of drug-likeness (QED) is 0.362. The summed E-state index contributed by atoms with van der Waals surface area (Å²) in [4.78, 5) is 46.7. The Morgan fingerprint density at radius 3 is 2.38 bits per heavy atom. The molecule has 0 spiro atoms. The van der Waals surface area contributed by atoms with Crippen molar-refractivity contribution < 1.29 is 19.3 Å². The van der Waals surface area contributed by atoms with E-state index in [0.29, 0.717) is 16.8 Å². The van der Waals surface area contributed by atoms with Crippen molar-refractivity contribution in [1.82, 2.24) is 10.9 Å². The average Bonchev–Trinajstić information content (AvgIpc) is 2.82. The first-order valence-electron chi connectivity index (χ1n) is 10.4. The second kappa shape index (κ2) is 10.9. The van der Waals surface area contributed by atoms with E-state index in [1.807, 2.05) is 0 Å². The molecule has 0 aromatic heterocycles. The first-order valence-corrected chi connectivity index (χ1v) is 10.4. The number of nitrogens with zero attached hydrogens (tertiary/aromatic N) is 1. The van der Waals surface area contributed by atoms with Gasteiger partial charge in [-0.25, -0.2) is 0 Å². The Bertz CT molecular complexity index is 1030. The number of hydrogen-bond acceptors (Lipinski definition) is 5. The van der Waals surface area contributed by atoms with Gasteiger partial charge in [-0.1, -0.05) is 31.4 Å². The Morgan fingerprint density at radius 2 is 1.69 bits per heavy atom. The standard InChI is InChI=1S/C23H24N4O5/c28-21(14-9-16-5-4-8-20(15-16)27(31)32)25-26-23(30)18-10-12-19(13-11-18)24-22(29)17-6-2-1-3-7-17/h4-5,8-15,17H,1-3,6-7H2,(H,24,29)(H,25,28)(H,26,30)/b14-9+. The fraction of sp³-hybridized carbons (Fsp3) is 0.261. The van der Waals surface area contributed by atoms with Gasteiger partial charge in [0.25, 0.3) is 17.5 Å². The summed E-state index contributed by atoms with van der Waals surface area (Å²) in [6.45, 7) is 0. The minimum absolute atomic E-state index is 0.00435. The van der Waals surface area contributed by atoms with Crippen molar-refractivity contribution in [2.45, 2.75) is 32.1 Å². The number of rotatable bonds is 6. The molecule has 0 aliphatic heterocycles. The molecule has 2 aromatic rings. The molecule has 0 bridgehead atoms. The van der Waals surface area contributed by atoms with Crippen molar-refractivity contribution in [3.63, 3.8) is 0 Å². The van der Waals surface area contributed by atoms with Gasteiger partial charge in [0.15, 0.2) is 0 Å². The Hall–Kier alpha value is -4.01. The smallest absolute Gasteiger partial charge is 0.270 e. The summed E-state index contributed by atoms with van der Waals surface area (Å²) in [5, 5.41) is 13.7. The van der Waals surface area contributed by atoms with E-state index in [-0.39, 0.29) is 17.5 Å². The molecule has 32 heavy (non-hydrogen) atoms. The number of nitro groups is 1. The Balaban J connectivity index is 1.48. The third kappa shape index (κ3) is 6.49. The molecule has 9 heteroatoms. The predicted octanol–water partition coefficient (Wildman–Crippen LogP) is 3.59. The molecule has 0 unspecified atom stereocenters. The molecule has 0 radical (unpaired) electrons. The second-order valence-corrected chi connectivity index (χ2v) is 7.53. The number of carbonyl (C=O) groups excluding carboxylic acids is 3. The van der Waals surface area contributed by atoms with Crippen LogP contribution in [0.2, 0.25) is 0 Å². The molecule has 0 heterocycles. The molecule has 3 N–H and O–H groups in total. The average molecular weight is 436 g/mol. The summed E-state index contributed by atoms with van der Waals surface area (Å²) in [5.74, 6) is -1.07. The van der Waals surface area contributed by atoms with Gasteiger partial charge in [-0.2, -0.15) is 0 Å². The second-order valence-electron chi connectivity index (χ2n) is 7.53. The molecular weight excluding hydrogens is 412 g/mol. The Labute approximate surface area is 185 Å². The van der Waals surface area contributed by atoms with Gasteiger partial charge >= 0.3 is 0 Å². The molecule has 1 fully saturated rings. The zero-order chi connectivity index (χ0) is 22.9. The van der Waals surface area contributed by atoms with Crippen molar-refractivity contribution in [2.75, 3.05) is 5.32 Å². The molecule has 0 saturated heterocycles. The molecule has 3 amide bonds. The van der Waals surface area contributed by atoms with Gasteiger partial charge in [0.2, 0.25) is 5.91 Å². The van der Waals surface area contributed by atoms with Crippen LogP contribution in [-0.4, -0.2) is 22.6 Å². The lowest BCUT2D eigenvalue weighted by molar-refractivity contribution is -0.384. The molecule has 166 valence electrons. The van der Waals surface area contributed by atoms with Gasteiger partial charge < -0.3 is 5.32 Å². The van der Waals surface area contributed by atoms with Crippen molar-refractivity contribution in [3.8, 4) is 0 Å². The third-order valence-electron chi connectivity index (χ3n) is 5.20. The lowest BCUT2D eigenvalue weighted by Crippen LogP contribution is -2.40. The lowest BCUT2D eigenvalue weighted by Gasteiger charge is -2.20. The van der Waals surface area contributed by atoms with Gasteiger partial charge in [0, 0.05) is 35.4 Å². The number of hydrazine groups is 1. The fourth-order valence-electron chi connectivity index (χ4n) is 3.46. The zero-order valence-electron chi connectivity index (χ0n) is 17.4. The van der Waals surface area contributed by atoms with Gasteiger partial charge in [0.1, 0.15) is 0 Å². The topological polar surface area (TPSA) is 130 Å². The van der Waals surface area contributed by atoms with E-state index in [2.05, 4.69) is 16.2 Å². The Kier molecular flexibility index (Phi) is 7.69. The minimum Gasteiger partial charge on any atom is -0.326 e. The van der Waals surface area contributed by atoms with Crippen LogP contribution in [0.5, 0.6) is 0 Å². The van der Waals surface area contributed by atoms with Crippen LogP contribution in [0, 0.1) is 16.0 Å². The maximum absolute atomic E-state index is 12.3. The van der Waals surface area contributed by atoms with Gasteiger partial charge in [-0.05, 0) is 48.7 Å². The zero-order valence-corrected chi connectivity index (χ0v) is 17.4. The number of hydrogen-bond donors (Lipinski definition) is 3. The highest BCUT2D eigenvalue weighted by Gasteiger charge is 2.21. The van der Waals surface area contributed by atoms with Crippen LogP contribution < -0.4 is 16.2 Å². The number of anilines is 1. The molecular formula is C23H24N4O5. The number of carbonyl (C=O) groups is 3. The molecule has 9 nitrogen and oxygen atoms in total. The van der Waals surface area contributed by atoms with Gasteiger partial charge in [0.05, 0.1) is 4.92 Å². The van der Waals surface area contributed by atoms with E-state index < -0.39 is 16.7 Å². The fourth-order valence-corrected chi connectivity index (χ4v) is 3.46. The maximum atomic E-state index is 12.3. The summed E-state index contributed by atoms with van der Waals surface area (Å²) in [5.41, 5.74) is 5.86. The first kappa shape index (κ1) is 22.7. The summed E-state index contributed by atoms with van der Waals surface area (Å²) in [7, 11) is 0. The monoisotopic (exact) mass is 436 g/mol. The van der Waals surface area contributed by atoms with Crippen LogP contribution in [0.3, 0.4) is 0 Å². The maximum Gasteiger partial charge on any atom is 0.270 e. The highest BCUT2D eigenvalue weighted by Crippen LogP contribution is 2.25. The summed E-state index contributed by atoms with van der Waals surface area (Å²) >= 11 is 0. The number of benzene rings is 2. The molecule has 3 rings (SSSR count). The van der Waals surface area contributed by atoms with Crippen LogP contribution in [0.1, 0.15) is 48.0 Å². The highest BCUT2D eigenvalue weighted by atomic mass is 16.6. The first-order chi connectivity index (χ1) is 15.4. The van der Waals surface area contributed by atoms with Crippen LogP contribution in [0.25, 0.3) is 6.08 Å². The van der Waals surface area contributed by atoms with Crippen molar-refractivity contribution >= 4 is 35.2 Å². The number of nitro benzene ring substituents is 1. The molecule has 2 aromatic carbocycles. The SMILES string of the molecule is O=C(/C=C/c1cccc([N+](=O)[O-])c1)NNC(=O)c1ccc(NC(=O)C2CCCCC2)cc1. The predicted molar refractivity (Wildman–Crippen MR) is 119 cm³/mol. The van der Waals surface area contributed by atoms with E-state index in [4.69, 9.17) is 0 Å². The number of nitrogens with one attached hydrogen (secondary N) is 3. The van der Waals surface area contributed by atoms with Crippen LogP contribution in [0.4, 0.5) is 11.4 Å². The van der Waals surface area contributed by atoms with E-state index >= 15 is 0 Å². The minimum atomic E-state index is -0.596. The van der Waals surface area contributed by atoms with E-state index in [1.54, 1.807) is 30.3 Å². The van der Waals surface area contributed by atoms with Crippen molar-refractivity contribution in [1.29, 1.82) is 0 Å². The third-order valence-corrected chi connectivity index (χ3v) is 5.20. The molecule has 1 saturated carbocycles. The largest absolute Gasteiger partial charge is 0.326 e. The number of amides is 3. The summed E-state index contributed by atoms with van der Waals surface area (Å²) in [6, 6.07) is 12.2. The molecule has 0 atom stereocenters. The van der Waals surface area contributed by atoms with Crippen LogP contribution >= 0.6 is 0 Å². The Morgan fingerprint density at radius 1 is 0.969 bits per heavy atom. The number of non-ortho nitro benzene ring substituents is 1. The van der Waals surface area contributed by atoms with Gasteiger partial charge in [-0.15, -0.1) is 0 Å². The molecule has 1 aliphatic carbocycles. The molecule has 1 aliphatic rings. The lowest BCUT2D eigenvalue weighted by atomic mass is 9.88. The van der Waals surface area contributed by atoms with E-state index in [0.717, 1.165) is 31.8 Å². The van der Waals surface area contributed by atoms with Gasteiger partial charge in [-0.3, -0.25) is 35.3 Å². The normalized spacial score (nSPS) is 14.0.